The van der Waals surface area contributed by atoms with Crippen molar-refractivity contribution in [2.45, 2.75) is 62.9 Å². The first-order valence-corrected chi connectivity index (χ1v) is 12.0. The number of nitrogens with zero attached hydrogens (tertiary/aromatic N) is 4. The molecule has 1 atom stereocenters. The summed E-state index contributed by atoms with van der Waals surface area (Å²) in [6, 6.07) is 8.46. The second-order valence-electron chi connectivity index (χ2n) is 8.60. The molecular formula is C21H32N4O2S. The molecule has 1 saturated heterocycles. The summed E-state index contributed by atoms with van der Waals surface area (Å²) >= 11 is 0. The Kier molecular flexibility index (Phi) is 5.40. The van der Waals surface area contributed by atoms with Crippen LogP contribution in [-0.4, -0.2) is 73.3 Å². The first-order valence-electron chi connectivity index (χ1n) is 10.6. The van der Waals surface area contributed by atoms with Crippen LogP contribution >= 0.6 is 0 Å². The monoisotopic (exact) mass is 404 g/mol. The zero-order valence-electron chi connectivity index (χ0n) is 17.2. The first-order chi connectivity index (χ1) is 13.4. The smallest absolute Gasteiger partial charge is 0.266 e. The van der Waals surface area contributed by atoms with Gasteiger partial charge in [-0.15, -0.1) is 0 Å². The molecule has 0 spiro atoms. The molecule has 1 saturated carbocycles. The van der Waals surface area contributed by atoms with Crippen LogP contribution in [0.15, 0.2) is 34.2 Å². The molecule has 0 unspecified atom stereocenters. The lowest BCUT2D eigenvalue weighted by Crippen LogP contribution is -2.60. The van der Waals surface area contributed by atoms with Crippen LogP contribution in [0.2, 0.25) is 0 Å². The summed E-state index contributed by atoms with van der Waals surface area (Å²) in [5.74, 6) is 1.02. The Morgan fingerprint density at radius 1 is 1.07 bits per heavy atom. The molecule has 0 aromatic heterocycles. The Hall–Kier alpha value is -1.60. The molecule has 1 aliphatic carbocycles. The van der Waals surface area contributed by atoms with Crippen molar-refractivity contribution >= 4 is 16.0 Å². The number of rotatable bonds is 4. The van der Waals surface area contributed by atoms with E-state index >= 15 is 0 Å². The number of aliphatic imine (C=N–C) groups is 1. The molecule has 4 rings (SSSR count). The van der Waals surface area contributed by atoms with E-state index in [1.807, 2.05) is 12.1 Å². The van der Waals surface area contributed by atoms with Crippen molar-refractivity contribution < 1.29 is 8.42 Å². The Bertz CT molecular complexity index is 830. The quantitative estimate of drug-likeness (QED) is 0.774. The van der Waals surface area contributed by atoms with E-state index in [1.54, 1.807) is 12.1 Å². The third kappa shape index (κ3) is 3.54. The van der Waals surface area contributed by atoms with Crippen LogP contribution < -0.4 is 0 Å². The average molecular weight is 405 g/mol. The minimum absolute atomic E-state index is 0.354. The molecule has 28 heavy (non-hydrogen) atoms. The SMILES string of the molecule is CC(C)c1ccc(S(=O)(=O)N2CCN=C2N2CCN(C3CCC3)[C@@H](C)C2)cc1. The van der Waals surface area contributed by atoms with Crippen LogP contribution in [0.5, 0.6) is 0 Å². The van der Waals surface area contributed by atoms with Gasteiger partial charge in [-0.1, -0.05) is 32.4 Å². The minimum atomic E-state index is -3.57. The van der Waals surface area contributed by atoms with E-state index in [0.29, 0.717) is 35.9 Å². The van der Waals surface area contributed by atoms with Crippen molar-refractivity contribution in [3.63, 3.8) is 0 Å². The second-order valence-corrected chi connectivity index (χ2v) is 10.5. The fourth-order valence-corrected chi connectivity index (χ4v) is 5.92. The molecule has 154 valence electrons. The van der Waals surface area contributed by atoms with Gasteiger partial charge < -0.3 is 4.90 Å². The summed E-state index contributed by atoms with van der Waals surface area (Å²) in [6.45, 7) is 10.1. The van der Waals surface area contributed by atoms with Gasteiger partial charge in [0.05, 0.1) is 18.0 Å². The van der Waals surface area contributed by atoms with Gasteiger partial charge in [0.15, 0.2) is 0 Å². The zero-order valence-corrected chi connectivity index (χ0v) is 18.0. The Balaban J connectivity index is 1.50. The number of piperazine rings is 1. The summed E-state index contributed by atoms with van der Waals surface area (Å²) in [5, 5.41) is 0. The van der Waals surface area contributed by atoms with E-state index in [1.165, 1.54) is 23.6 Å². The van der Waals surface area contributed by atoms with Gasteiger partial charge in [0, 0.05) is 31.7 Å². The van der Waals surface area contributed by atoms with Gasteiger partial charge in [-0.25, -0.2) is 12.7 Å². The van der Waals surface area contributed by atoms with Crippen LogP contribution in [0.3, 0.4) is 0 Å². The lowest BCUT2D eigenvalue weighted by atomic mass is 9.90. The van der Waals surface area contributed by atoms with Crippen LogP contribution in [0.25, 0.3) is 0 Å². The van der Waals surface area contributed by atoms with Crippen molar-refractivity contribution in [1.29, 1.82) is 0 Å². The summed E-state index contributed by atoms with van der Waals surface area (Å²) in [4.78, 5) is 9.71. The zero-order chi connectivity index (χ0) is 19.9. The van der Waals surface area contributed by atoms with E-state index in [0.717, 1.165) is 31.2 Å². The third-order valence-electron chi connectivity index (χ3n) is 6.42. The lowest BCUT2D eigenvalue weighted by Gasteiger charge is -2.48. The van der Waals surface area contributed by atoms with E-state index in [9.17, 15) is 8.42 Å². The van der Waals surface area contributed by atoms with Crippen molar-refractivity contribution in [2.75, 3.05) is 32.7 Å². The van der Waals surface area contributed by atoms with Gasteiger partial charge >= 0.3 is 0 Å². The molecule has 0 N–H and O–H groups in total. The average Bonchev–Trinajstić information content (AvgIpc) is 3.12. The van der Waals surface area contributed by atoms with Crippen molar-refractivity contribution in [1.82, 2.24) is 14.1 Å². The molecule has 0 radical (unpaired) electrons. The summed E-state index contributed by atoms with van der Waals surface area (Å²) in [5.41, 5.74) is 1.15. The van der Waals surface area contributed by atoms with Gasteiger partial charge in [-0.05, 0) is 43.4 Å². The fraction of sp³-hybridized carbons (Fsp3) is 0.667. The molecule has 6 nitrogen and oxygen atoms in total. The molecule has 2 heterocycles. The molecule has 1 aromatic rings. The Labute approximate surface area is 169 Å². The van der Waals surface area contributed by atoms with E-state index in [-0.39, 0.29) is 0 Å². The maximum absolute atomic E-state index is 13.3. The highest BCUT2D eigenvalue weighted by atomic mass is 32.2. The maximum Gasteiger partial charge on any atom is 0.266 e. The number of hydrogen-bond acceptors (Lipinski definition) is 5. The van der Waals surface area contributed by atoms with Crippen LogP contribution in [0, 0.1) is 0 Å². The Morgan fingerprint density at radius 3 is 2.36 bits per heavy atom. The number of guanidine groups is 1. The van der Waals surface area contributed by atoms with E-state index in [4.69, 9.17) is 0 Å². The van der Waals surface area contributed by atoms with E-state index < -0.39 is 10.0 Å². The van der Waals surface area contributed by atoms with Gasteiger partial charge in [0.25, 0.3) is 10.0 Å². The minimum Gasteiger partial charge on any atom is -0.339 e. The van der Waals surface area contributed by atoms with Gasteiger partial charge in [-0.2, -0.15) is 0 Å². The highest BCUT2D eigenvalue weighted by Crippen LogP contribution is 2.29. The molecule has 1 aromatic carbocycles. The molecule has 0 bridgehead atoms. The predicted octanol–water partition coefficient (Wildman–Crippen LogP) is 2.73. The maximum atomic E-state index is 13.3. The molecule has 0 amide bonds. The lowest BCUT2D eigenvalue weighted by molar-refractivity contribution is 0.0398. The number of benzene rings is 1. The predicted molar refractivity (Wildman–Crippen MR) is 112 cm³/mol. The van der Waals surface area contributed by atoms with Crippen LogP contribution in [0.1, 0.15) is 51.5 Å². The topological polar surface area (TPSA) is 56.2 Å². The third-order valence-corrected chi connectivity index (χ3v) is 8.21. The van der Waals surface area contributed by atoms with Gasteiger partial charge in [-0.3, -0.25) is 9.89 Å². The number of hydrogen-bond donors (Lipinski definition) is 0. The normalized spacial score (nSPS) is 24.6. The highest BCUT2D eigenvalue weighted by Gasteiger charge is 2.38. The molecule has 2 fully saturated rings. The molecule has 7 heteroatoms. The van der Waals surface area contributed by atoms with Crippen LogP contribution in [0.4, 0.5) is 0 Å². The second kappa shape index (κ2) is 7.67. The van der Waals surface area contributed by atoms with Crippen molar-refractivity contribution in [3.05, 3.63) is 29.8 Å². The molecule has 3 aliphatic rings. The van der Waals surface area contributed by atoms with Crippen molar-refractivity contribution in [3.8, 4) is 0 Å². The highest BCUT2D eigenvalue weighted by molar-refractivity contribution is 7.89. The first kappa shape index (κ1) is 19.7. The summed E-state index contributed by atoms with van der Waals surface area (Å²) in [6.07, 6.45) is 3.95. The van der Waals surface area contributed by atoms with Gasteiger partial charge in [0.2, 0.25) is 5.96 Å². The largest absolute Gasteiger partial charge is 0.339 e. The van der Waals surface area contributed by atoms with Gasteiger partial charge in [0.1, 0.15) is 0 Å². The fourth-order valence-electron chi connectivity index (χ4n) is 4.47. The number of sulfonamides is 1. The van der Waals surface area contributed by atoms with Crippen molar-refractivity contribution in [2.24, 2.45) is 4.99 Å². The molecular weight excluding hydrogens is 372 g/mol. The standard InChI is InChI=1S/C21H32N4O2S/c1-16(2)18-7-9-20(10-8-18)28(26,27)25-12-11-22-21(25)23-13-14-24(17(3)15-23)19-5-4-6-19/h7-10,16-17,19H,4-6,11-15H2,1-3H3/t17-/m0/s1. The summed E-state index contributed by atoms with van der Waals surface area (Å²) < 4.78 is 28.1. The Morgan fingerprint density at radius 2 is 1.79 bits per heavy atom. The van der Waals surface area contributed by atoms with Crippen LogP contribution in [-0.2, 0) is 10.0 Å². The van der Waals surface area contributed by atoms with E-state index in [2.05, 4.69) is 35.6 Å². The summed E-state index contributed by atoms with van der Waals surface area (Å²) in [7, 11) is -3.57. The molecule has 2 aliphatic heterocycles.